The van der Waals surface area contributed by atoms with Gasteiger partial charge in [-0.3, -0.25) is 9.59 Å². The monoisotopic (exact) mass is 364 g/mol. The summed E-state index contributed by atoms with van der Waals surface area (Å²) >= 11 is 0. The highest BCUT2D eigenvalue weighted by atomic mass is 16.2. The fourth-order valence-corrected chi connectivity index (χ4v) is 4.13. The highest BCUT2D eigenvalue weighted by Gasteiger charge is 2.32. The minimum Gasteiger partial charge on any atom is -0.335 e. The molecule has 1 atom stereocenters. The largest absolute Gasteiger partial charge is 0.335 e. The van der Waals surface area contributed by atoms with Gasteiger partial charge in [0.15, 0.2) is 0 Å². The van der Waals surface area contributed by atoms with Crippen LogP contribution in [0.3, 0.4) is 0 Å². The minimum absolute atomic E-state index is 0.0248. The third kappa shape index (κ3) is 4.05. The molecule has 4 heteroatoms. The second kappa shape index (κ2) is 7.95. The first-order chi connectivity index (χ1) is 12.9. The molecule has 0 saturated heterocycles. The van der Waals surface area contributed by atoms with Crippen molar-refractivity contribution in [2.45, 2.75) is 46.6 Å². The van der Waals surface area contributed by atoms with E-state index in [0.717, 1.165) is 28.8 Å². The number of carbonyl (C=O) groups excluding carboxylic acids is 2. The summed E-state index contributed by atoms with van der Waals surface area (Å²) in [4.78, 5) is 29.1. The first-order valence-electron chi connectivity index (χ1n) is 9.64. The van der Waals surface area contributed by atoms with Gasteiger partial charge in [-0.05, 0) is 61.6 Å². The number of hydrogen-bond acceptors (Lipinski definition) is 2. The predicted molar refractivity (Wildman–Crippen MR) is 109 cm³/mol. The molecule has 0 saturated carbocycles. The van der Waals surface area contributed by atoms with Gasteiger partial charge in [-0.2, -0.15) is 0 Å². The van der Waals surface area contributed by atoms with Gasteiger partial charge in [0.1, 0.15) is 0 Å². The van der Waals surface area contributed by atoms with Gasteiger partial charge in [0, 0.05) is 25.7 Å². The van der Waals surface area contributed by atoms with E-state index in [1.54, 1.807) is 6.92 Å². The molecule has 2 amide bonds. The van der Waals surface area contributed by atoms with Gasteiger partial charge in [0.2, 0.25) is 11.8 Å². The third-order valence-corrected chi connectivity index (χ3v) is 5.32. The van der Waals surface area contributed by atoms with Crippen molar-refractivity contribution in [3.8, 4) is 0 Å². The van der Waals surface area contributed by atoms with Crippen molar-refractivity contribution in [2.75, 3.05) is 18.0 Å². The lowest BCUT2D eigenvalue weighted by atomic mass is 9.90. The minimum atomic E-state index is -0.195. The zero-order valence-corrected chi connectivity index (χ0v) is 16.7. The Morgan fingerprint density at radius 1 is 1.11 bits per heavy atom. The number of rotatable bonds is 4. The fraction of sp³-hybridized carbons (Fsp3) is 0.391. The third-order valence-electron chi connectivity index (χ3n) is 5.32. The molecular formula is C23H28N2O2. The van der Waals surface area contributed by atoms with E-state index in [4.69, 9.17) is 0 Å². The highest BCUT2D eigenvalue weighted by Crippen LogP contribution is 2.33. The lowest BCUT2D eigenvalue weighted by molar-refractivity contribution is -0.133. The molecule has 2 aromatic carbocycles. The van der Waals surface area contributed by atoms with Gasteiger partial charge >= 0.3 is 0 Å². The molecule has 0 spiro atoms. The highest BCUT2D eigenvalue weighted by molar-refractivity contribution is 5.94. The van der Waals surface area contributed by atoms with Crippen molar-refractivity contribution in [1.29, 1.82) is 0 Å². The summed E-state index contributed by atoms with van der Waals surface area (Å²) in [6.07, 6.45) is 1.15. The molecule has 3 rings (SSSR count). The number of nitrogens with zero attached hydrogens (tertiary/aromatic N) is 2. The quantitative estimate of drug-likeness (QED) is 0.816. The van der Waals surface area contributed by atoms with Crippen LogP contribution in [0.25, 0.3) is 0 Å². The zero-order chi connectivity index (χ0) is 19.6. The SMILES string of the molecule is CCN(C(=O)CC1c2ccccc2CCN1C(C)=O)c1cc(C)cc(C)c1. The van der Waals surface area contributed by atoms with Gasteiger partial charge in [0.05, 0.1) is 12.5 Å². The second-order valence-electron chi connectivity index (χ2n) is 7.37. The molecular weight excluding hydrogens is 336 g/mol. The van der Waals surface area contributed by atoms with Crippen LogP contribution in [0.15, 0.2) is 42.5 Å². The molecule has 1 heterocycles. The average molecular weight is 364 g/mol. The predicted octanol–water partition coefficient (Wildman–Crippen LogP) is 4.19. The summed E-state index contributed by atoms with van der Waals surface area (Å²) in [5, 5.41) is 0. The maximum atomic E-state index is 13.2. The van der Waals surface area contributed by atoms with Crippen LogP contribution in [0.1, 0.15) is 48.6 Å². The van der Waals surface area contributed by atoms with Crippen LogP contribution in [-0.4, -0.2) is 29.8 Å². The molecule has 142 valence electrons. The van der Waals surface area contributed by atoms with Crippen LogP contribution in [0.2, 0.25) is 0 Å². The molecule has 27 heavy (non-hydrogen) atoms. The van der Waals surface area contributed by atoms with Crippen LogP contribution in [0, 0.1) is 13.8 Å². The first-order valence-corrected chi connectivity index (χ1v) is 9.64. The molecule has 1 unspecified atom stereocenters. The number of aryl methyl sites for hydroxylation is 2. The van der Waals surface area contributed by atoms with E-state index in [1.165, 1.54) is 5.56 Å². The maximum Gasteiger partial charge on any atom is 0.229 e. The Morgan fingerprint density at radius 3 is 2.41 bits per heavy atom. The van der Waals surface area contributed by atoms with Crippen LogP contribution in [-0.2, 0) is 16.0 Å². The molecule has 0 bridgehead atoms. The topological polar surface area (TPSA) is 40.6 Å². The molecule has 1 aliphatic rings. The lowest BCUT2D eigenvalue weighted by Crippen LogP contribution is -2.42. The van der Waals surface area contributed by atoms with Crippen molar-refractivity contribution >= 4 is 17.5 Å². The zero-order valence-electron chi connectivity index (χ0n) is 16.7. The fourth-order valence-electron chi connectivity index (χ4n) is 4.13. The molecule has 0 radical (unpaired) electrons. The first kappa shape index (κ1) is 19.2. The van der Waals surface area contributed by atoms with Gasteiger partial charge in [-0.25, -0.2) is 0 Å². The van der Waals surface area contributed by atoms with Crippen molar-refractivity contribution in [3.05, 3.63) is 64.7 Å². The van der Waals surface area contributed by atoms with Gasteiger partial charge in [-0.15, -0.1) is 0 Å². The summed E-state index contributed by atoms with van der Waals surface area (Å²) in [6.45, 7) is 8.95. The summed E-state index contributed by atoms with van der Waals surface area (Å²) in [5.74, 6) is 0.0761. The Kier molecular flexibility index (Phi) is 5.64. The molecule has 1 aliphatic heterocycles. The standard InChI is InChI=1S/C23H28N2O2/c1-5-24(20-13-16(2)12-17(3)14-20)23(27)15-22-21-9-7-6-8-19(21)10-11-25(22)18(4)26/h6-9,12-14,22H,5,10-11,15H2,1-4H3. The van der Waals surface area contributed by atoms with Crippen LogP contribution in [0.5, 0.6) is 0 Å². The molecule has 0 aliphatic carbocycles. The average Bonchev–Trinajstić information content (AvgIpc) is 2.61. The maximum absolute atomic E-state index is 13.2. The van der Waals surface area contributed by atoms with E-state index in [9.17, 15) is 9.59 Å². The molecule has 0 aromatic heterocycles. The second-order valence-corrected chi connectivity index (χ2v) is 7.37. The summed E-state index contributed by atoms with van der Waals surface area (Å²) in [7, 11) is 0. The Hall–Kier alpha value is -2.62. The van der Waals surface area contributed by atoms with Crippen LogP contribution < -0.4 is 4.90 Å². The molecule has 0 fully saturated rings. The van der Waals surface area contributed by atoms with Gasteiger partial charge < -0.3 is 9.80 Å². The smallest absolute Gasteiger partial charge is 0.229 e. The Bertz CT molecular complexity index is 839. The van der Waals surface area contributed by atoms with Crippen molar-refractivity contribution in [1.82, 2.24) is 4.90 Å². The Morgan fingerprint density at radius 2 is 1.78 bits per heavy atom. The molecule has 0 N–H and O–H groups in total. The van der Waals surface area contributed by atoms with Gasteiger partial charge in [0.25, 0.3) is 0 Å². The molecule has 4 nitrogen and oxygen atoms in total. The van der Waals surface area contributed by atoms with E-state index in [2.05, 4.69) is 18.2 Å². The van der Waals surface area contributed by atoms with E-state index in [1.807, 2.05) is 54.8 Å². The van der Waals surface area contributed by atoms with E-state index in [-0.39, 0.29) is 17.9 Å². The van der Waals surface area contributed by atoms with Crippen LogP contribution >= 0.6 is 0 Å². The summed E-state index contributed by atoms with van der Waals surface area (Å²) in [6, 6.07) is 14.2. The molecule has 2 aromatic rings. The van der Waals surface area contributed by atoms with Crippen molar-refractivity contribution < 1.29 is 9.59 Å². The Labute approximate surface area is 161 Å². The number of benzene rings is 2. The summed E-state index contributed by atoms with van der Waals surface area (Å²) < 4.78 is 0. The van der Waals surface area contributed by atoms with E-state index in [0.29, 0.717) is 19.5 Å². The number of fused-ring (bicyclic) bond motifs is 1. The van der Waals surface area contributed by atoms with Crippen molar-refractivity contribution in [2.24, 2.45) is 0 Å². The number of anilines is 1. The number of amides is 2. The van der Waals surface area contributed by atoms with E-state index < -0.39 is 0 Å². The number of hydrogen-bond donors (Lipinski definition) is 0. The summed E-state index contributed by atoms with van der Waals surface area (Å²) in [5.41, 5.74) is 5.55. The van der Waals surface area contributed by atoms with Crippen molar-refractivity contribution in [3.63, 3.8) is 0 Å². The lowest BCUT2D eigenvalue weighted by Gasteiger charge is -2.37. The number of carbonyl (C=O) groups is 2. The van der Waals surface area contributed by atoms with E-state index >= 15 is 0 Å². The Balaban J connectivity index is 1.91. The van der Waals surface area contributed by atoms with Crippen LogP contribution in [0.4, 0.5) is 5.69 Å². The normalized spacial score (nSPS) is 16.0. The van der Waals surface area contributed by atoms with Gasteiger partial charge in [-0.1, -0.05) is 30.3 Å².